The molecule has 0 spiro atoms. The van der Waals surface area contributed by atoms with Crippen molar-refractivity contribution in [1.29, 1.82) is 0 Å². The molecular formula is C22H30Br2N2. The van der Waals surface area contributed by atoms with Gasteiger partial charge in [-0.05, 0) is 84.2 Å². The van der Waals surface area contributed by atoms with Crippen LogP contribution in [0, 0.1) is 13.8 Å². The minimum Gasteiger partial charge on any atom is -0.366 e. The van der Waals surface area contributed by atoms with Gasteiger partial charge in [-0.25, -0.2) is 4.98 Å². The van der Waals surface area contributed by atoms with Gasteiger partial charge in [-0.2, -0.15) is 0 Å². The van der Waals surface area contributed by atoms with E-state index in [0.717, 1.165) is 48.0 Å². The molecule has 1 N–H and O–H groups in total. The molecule has 142 valence electrons. The number of aryl methyl sites for hydroxylation is 2. The van der Waals surface area contributed by atoms with Gasteiger partial charge in [-0.3, -0.25) is 0 Å². The Morgan fingerprint density at radius 2 is 1.27 bits per heavy atom. The molecule has 1 heterocycles. The summed E-state index contributed by atoms with van der Waals surface area (Å²) in [6, 6.07) is 4.24. The van der Waals surface area contributed by atoms with Crippen LogP contribution in [0.4, 0.5) is 5.82 Å². The molecule has 1 aromatic heterocycles. The van der Waals surface area contributed by atoms with Gasteiger partial charge in [0.15, 0.2) is 0 Å². The Kier molecular flexibility index (Phi) is 8.15. The van der Waals surface area contributed by atoms with E-state index in [-0.39, 0.29) is 0 Å². The van der Waals surface area contributed by atoms with E-state index in [1.807, 2.05) is 0 Å². The molecule has 0 unspecified atom stereocenters. The third kappa shape index (κ3) is 4.51. The van der Waals surface area contributed by atoms with Crippen molar-refractivity contribution in [3.05, 3.63) is 56.8 Å². The normalized spacial score (nSPS) is 11.0. The lowest BCUT2D eigenvalue weighted by Gasteiger charge is -2.25. The molecule has 2 nitrogen and oxygen atoms in total. The highest BCUT2D eigenvalue weighted by molar-refractivity contribution is 9.08. The molecule has 0 aliphatic heterocycles. The molecule has 4 heteroatoms. The third-order valence-electron chi connectivity index (χ3n) is 5.06. The summed E-state index contributed by atoms with van der Waals surface area (Å²) in [5.41, 5.74) is 11.2. The Hall–Kier alpha value is -0.870. The molecule has 0 aliphatic carbocycles. The summed E-state index contributed by atoms with van der Waals surface area (Å²) in [6.45, 7) is 11.8. The average molecular weight is 482 g/mol. The summed E-state index contributed by atoms with van der Waals surface area (Å²) >= 11 is 7.50. The van der Waals surface area contributed by atoms with Crippen molar-refractivity contribution >= 4 is 37.7 Å². The predicted molar refractivity (Wildman–Crippen MR) is 121 cm³/mol. The Bertz CT molecular complexity index is 716. The second-order valence-electron chi connectivity index (χ2n) is 6.72. The second-order valence-corrected chi connectivity index (χ2v) is 7.85. The van der Waals surface area contributed by atoms with Crippen LogP contribution in [-0.2, 0) is 36.5 Å². The predicted octanol–water partition coefficient (Wildman–Crippen LogP) is 6.79. The van der Waals surface area contributed by atoms with E-state index in [9.17, 15) is 0 Å². The van der Waals surface area contributed by atoms with Crippen LogP contribution in [0.5, 0.6) is 0 Å². The van der Waals surface area contributed by atoms with Crippen LogP contribution in [0.15, 0.2) is 12.1 Å². The summed E-state index contributed by atoms with van der Waals surface area (Å²) < 4.78 is 0. The fourth-order valence-corrected chi connectivity index (χ4v) is 5.37. The molecular weight excluding hydrogens is 452 g/mol. The first-order valence-corrected chi connectivity index (χ1v) is 11.7. The smallest absolute Gasteiger partial charge is 0.126 e. The zero-order chi connectivity index (χ0) is 19.3. The Balaban J connectivity index is 2.54. The minimum atomic E-state index is 0.826. The van der Waals surface area contributed by atoms with Crippen LogP contribution < -0.4 is 5.32 Å². The van der Waals surface area contributed by atoms with E-state index in [4.69, 9.17) is 0 Å². The van der Waals surface area contributed by atoms with Crippen LogP contribution in [0.25, 0.3) is 0 Å². The molecule has 26 heavy (non-hydrogen) atoms. The molecule has 0 atom stereocenters. The van der Waals surface area contributed by atoms with Crippen LogP contribution in [0.1, 0.15) is 65.4 Å². The molecule has 0 aliphatic rings. The first-order valence-electron chi connectivity index (χ1n) is 9.48. The molecule has 0 amide bonds. The zero-order valence-corrected chi connectivity index (χ0v) is 19.8. The van der Waals surface area contributed by atoms with Crippen molar-refractivity contribution < 1.29 is 0 Å². The maximum absolute atomic E-state index is 4.65. The molecule has 1 aromatic carbocycles. The van der Waals surface area contributed by atoms with Gasteiger partial charge in [-0.1, -0.05) is 52.6 Å². The molecule has 2 rings (SSSR count). The Labute approximate surface area is 175 Å². The van der Waals surface area contributed by atoms with Gasteiger partial charge in [0.2, 0.25) is 0 Å². The highest BCUT2D eigenvalue weighted by atomic mass is 79.9. The zero-order valence-electron chi connectivity index (χ0n) is 16.6. The van der Waals surface area contributed by atoms with E-state index in [0.29, 0.717) is 0 Å². The highest BCUT2D eigenvalue weighted by Gasteiger charge is 2.20. The van der Waals surface area contributed by atoms with Crippen molar-refractivity contribution in [1.82, 2.24) is 4.98 Å². The van der Waals surface area contributed by atoms with Crippen molar-refractivity contribution in [2.75, 3.05) is 5.32 Å². The van der Waals surface area contributed by atoms with Crippen molar-refractivity contribution in [2.45, 2.75) is 71.1 Å². The SMILES string of the molecule is CCc1c(CBr)c(CC)c(CNc2cc(C)cc(C)n2)c(CC)c1CBr. The maximum Gasteiger partial charge on any atom is 0.126 e. The van der Waals surface area contributed by atoms with E-state index in [1.54, 1.807) is 0 Å². The summed E-state index contributed by atoms with van der Waals surface area (Å²) in [4.78, 5) is 4.65. The van der Waals surface area contributed by atoms with Gasteiger partial charge in [-0.15, -0.1) is 0 Å². The van der Waals surface area contributed by atoms with E-state index < -0.39 is 0 Å². The molecule has 0 radical (unpaired) electrons. The number of hydrogen-bond donors (Lipinski definition) is 1. The van der Waals surface area contributed by atoms with Gasteiger partial charge in [0, 0.05) is 22.9 Å². The fraction of sp³-hybridized carbons (Fsp3) is 0.500. The van der Waals surface area contributed by atoms with E-state index >= 15 is 0 Å². The van der Waals surface area contributed by atoms with Gasteiger partial charge in [0.25, 0.3) is 0 Å². The van der Waals surface area contributed by atoms with Gasteiger partial charge in [0.05, 0.1) is 0 Å². The molecule has 0 saturated heterocycles. The van der Waals surface area contributed by atoms with Crippen molar-refractivity contribution in [3.8, 4) is 0 Å². The largest absolute Gasteiger partial charge is 0.366 e. The van der Waals surface area contributed by atoms with Crippen LogP contribution >= 0.6 is 31.9 Å². The van der Waals surface area contributed by atoms with E-state index in [1.165, 1.54) is 38.9 Å². The number of pyridine rings is 1. The third-order valence-corrected chi connectivity index (χ3v) is 6.18. The van der Waals surface area contributed by atoms with Gasteiger partial charge in [0.1, 0.15) is 5.82 Å². The number of nitrogens with zero attached hydrogens (tertiary/aromatic N) is 1. The average Bonchev–Trinajstić information content (AvgIpc) is 2.63. The lowest BCUT2D eigenvalue weighted by Crippen LogP contribution is -2.14. The molecule has 0 saturated carbocycles. The number of nitrogens with one attached hydrogen (secondary N) is 1. The fourth-order valence-electron chi connectivity index (χ4n) is 4.02. The van der Waals surface area contributed by atoms with Crippen molar-refractivity contribution in [2.24, 2.45) is 0 Å². The number of alkyl halides is 2. The summed E-state index contributed by atoms with van der Waals surface area (Å²) in [5.74, 6) is 0.965. The summed E-state index contributed by atoms with van der Waals surface area (Å²) in [5, 5.41) is 5.42. The van der Waals surface area contributed by atoms with Crippen LogP contribution in [0.2, 0.25) is 0 Å². The molecule has 0 fully saturated rings. The van der Waals surface area contributed by atoms with Gasteiger partial charge < -0.3 is 5.32 Å². The Morgan fingerprint density at radius 3 is 1.69 bits per heavy atom. The number of rotatable bonds is 8. The summed E-state index contributed by atoms with van der Waals surface area (Å²) in [7, 11) is 0. The van der Waals surface area contributed by atoms with E-state index in [2.05, 4.69) is 88.9 Å². The number of aromatic nitrogens is 1. The van der Waals surface area contributed by atoms with Crippen LogP contribution in [0.3, 0.4) is 0 Å². The monoisotopic (exact) mass is 480 g/mol. The quantitative estimate of drug-likeness (QED) is 0.420. The maximum atomic E-state index is 4.65. The van der Waals surface area contributed by atoms with Crippen LogP contribution in [-0.4, -0.2) is 4.98 Å². The molecule has 0 bridgehead atoms. The second kappa shape index (κ2) is 9.89. The lowest BCUT2D eigenvalue weighted by atomic mass is 9.84. The first-order chi connectivity index (χ1) is 12.5. The Morgan fingerprint density at radius 1 is 0.769 bits per heavy atom. The first kappa shape index (κ1) is 21.4. The highest BCUT2D eigenvalue weighted by Crippen LogP contribution is 2.33. The number of benzene rings is 1. The minimum absolute atomic E-state index is 0.826. The lowest BCUT2D eigenvalue weighted by molar-refractivity contribution is 0.919. The van der Waals surface area contributed by atoms with Gasteiger partial charge >= 0.3 is 0 Å². The number of halogens is 2. The topological polar surface area (TPSA) is 24.9 Å². The summed E-state index contributed by atoms with van der Waals surface area (Å²) in [6.07, 6.45) is 3.19. The number of hydrogen-bond acceptors (Lipinski definition) is 2. The standard InChI is InChI=1S/C22H30Br2N2/c1-6-16-19(11-23)17(7-2)21(18(8-3)20(16)12-24)13-25-22-10-14(4)9-15(5)26-22/h9-10H,6-8,11-13H2,1-5H3,(H,25,26). The number of anilines is 1. The van der Waals surface area contributed by atoms with Crippen molar-refractivity contribution in [3.63, 3.8) is 0 Å². The molecule has 2 aromatic rings.